The van der Waals surface area contributed by atoms with Gasteiger partial charge in [0.2, 0.25) is 0 Å². The molecule has 2 N–H and O–H groups in total. The van der Waals surface area contributed by atoms with Gasteiger partial charge < -0.3 is 18.8 Å². The maximum atomic E-state index is 12.8. The van der Waals surface area contributed by atoms with E-state index in [4.69, 9.17) is 14.6 Å². The van der Waals surface area contributed by atoms with E-state index in [1.165, 1.54) is 24.3 Å². The van der Waals surface area contributed by atoms with Crippen LogP contribution in [0.15, 0.2) is 29.4 Å². The normalized spacial score (nSPS) is 13.4. The molecule has 0 amide bonds. The molecular weight excluding hydrogens is 344 g/mol. The minimum atomic E-state index is -4.81. The minimum Gasteiger partial charge on any atom is -0.324 e. The van der Waals surface area contributed by atoms with Crippen LogP contribution in [0.25, 0.3) is 10.4 Å². The average molecular weight is 363 g/mol. The lowest BCUT2D eigenvalue weighted by molar-refractivity contribution is 0.214. The van der Waals surface area contributed by atoms with Crippen molar-refractivity contribution in [3.8, 4) is 0 Å². The van der Waals surface area contributed by atoms with E-state index in [1.807, 2.05) is 0 Å². The number of nitrogens with zero attached hydrogens (tertiary/aromatic N) is 3. The minimum absolute atomic E-state index is 0.0112. The van der Waals surface area contributed by atoms with E-state index in [-0.39, 0.29) is 25.3 Å². The van der Waals surface area contributed by atoms with Gasteiger partial charge in [-0.25, -0.2) is 0 Å². The van der Waals surface area contributed by atoms with Gasteiger partial charge in [-0.3, -0.25) is 9.13 Å². The van der Waals surface area contributed by atoms with Crippen LogP contribution < -0.4 is 0 Å². The molecule has 1 unspecified atom stereocenters. The first kappa shape index (κ1) is 19.9. The molecule has 0 aliphatic carbocycles. The van der Waals surface area contributed by atoms with E-state index in [2.05, 4.69) is 10.0 Å². The van der Waals surface area contributed by atoms with Crippen LogP contribution in [-0.2, 0) is 24.7 Å². The van der Waals surface area contributed by atoms with Gasteiger partial charge in [0.25, 0.3) is 0 Å². The molecule has 23 heavy (non-hydrogen) atoms. The summed E-state index contributed by atoms with van der Waals surface area (Å²) in [6.45, 7) is 3.20. The van der Waals surface area contributed by atoms with Crippen LogP contribution in [0.1, 0.15) is 30.4 Å². The Balaban J connectivity index is 3.28. The van der Waals surface area contributed by atoms with Crippen molar-refractivity contribution in [1.82, 2.24) is 0 Å². The zero-order valence-electron chi connectivity index (χ0n) is 12.8. The van der Waals surface area contributed by atoms with Crippen molar-refractivity contribution in [2.45, 2.75) is 25.8 Å². The summed E-state index contributed by atoms with van der Waals surface area (Å²) in [7, 11) is -8.86. The lowest BCUT2D eigenvalue weighted by Crippen LogP contribution is -2.08. The molecule has 0 fully saturated rings. The predicted molar refractivity (Wildman–Crippen MR) is 84.9 cm³/mol. The van der Waals surface area contributed by atoms with E-state index < -0.39 is 20.6 Å². The Morgan fingerprint density at radius 2 is 1.70 bits per heavy atom. The first-order valence-corrected chi connectivity index (χ1v) is 10.1. The second-order valence-corrected chi connectivity index (χ2v) is 8.68. The molecule has 0 aromatic heterocycles. The van der Waals surface area contributed by atoms with Crippen LogP contribution in [0.5, 0.6) is 0 Å². The van der Waals surface area contributed by atoms with Crippen LogP contribution in [-0.4, -0.2) is 23.0 Å². The Hall–Kier alpha value is -1.17. The third-order valence-electron chi connectivity index (χ3n) is 2.83. The summed E-state index contributed by atoms with van der Waals surface area (Å²) in [5.41, 5.74) is 9.07. The molecule has 0 spiro atoms. The summed E-state index contributed by atoms with van der Waals surface area (Å²) in [6.07, 6.45) is 0. The van der Waals surface area contributed by atoms with Crippen LogP contribution >= 0.6 is 15.2 Å². The fourth-order valence-electron chi connectivity index (χ4n) is 2.01. The number of hydrogen-bond donors (Lipinski definition) is 2. The van der Waals surface area contributed by atoms with E-state index >= 15 is 0 Å². The summed E-state index contributed by atoms with van der Waals surface area (Å²) < 4.78 is 34.9. The SMILES string of the molecule is CCOP(=O)(OCC)C(c1ccc(CN=[N+]=[N-])cc1)P(=O)(O)O. The molecule has 1 atom stereocenters. The van der Waals surface area contributed by atoms with E-state index in [0.29, 0.717) is 5.56 Å². The average Bonchev–Trinajstić information content (AvgIpc) is 2.45. The molecule has 1 rings (SSSR count). The van der Waals surface area contributed by atoms with Crippen molar-refractivity contribution >= 4 is 15.2 Å². The van der Waals surface area contributed by atoms with Gasteiger partial charge >= 0.3 is 15.2 Å². The molecule has 9 nitrogen and oxygen atoms in total. The number of hydrogen-bond acceptors (Lipinski definition) is 5. The van der Waals surface area contributed by atoms with E-state index in [1.54, 1.807) is 13.8 Å². The van der Waals surface area contributed by atoms with Gasteiger partial charge in [0, 0.05) is 4.91 Å². The zero-order valence-corrected chi connectivity index (χ0v) is 14.6. The van der Waals surface area contributed by atoms with Gasteiger partial charge in [0.1, 0.15) is 0 Å². The number of rotatable bonds is 9. The highest BCUT2D eigenvalue weighted by atomic mass is 31.2. The molecule has 1 aromatic carbocycles. The largest absolute Gasteiger partial charge is 0.350 e. The quantitative estimate of drug-likeness (QED) is 0.294. The molecule has 0 saturated carbocycles. The third kappa shape index (κ3) is 5.44. The summed E-state index contributed by atoms with van der Waals surface area (Å²) in [4.78, 5) is 21.9. The molecule has 0 radical (unpaired) electrons. The monoisotopic (exact) mass is 363 g/mol. The Labute approximate surface area is 133 Å². The molecule has 1 aromatic rings. The van der Waals surface area contributed by atoms with Gasteiger partial charge in [-0.1, -0.05) is 29.4 Å². The van der Waals surface area contributed by atoms with Crippen LogP contribution in [0, 0.1) is 0 Å². The smallest absolute Gasteiger partial charge is 0.324 e. The second kappa shape index (κ2) is 8.62. The fourth-order valence-corrected chi connectivity index (χ4v) is 6.06. The first-order chi connectivity index (χ1) is 10.8. The Kier molecular flexibility index (Phi) is 7.45. The maximum Gasteiger partial charge on any atom is 0.350 e. The van der Waals surface area contributed by atoms with Crippen LogP contribution in [0.4, 0.5) is 0 Å². The summed E-state index contributed by atoms with van der Waals surface area (Å²) in [6, 6.07) is 5.90. The van der Waals surface area contributed by atoms with Crippen molar-refractivity contribution in [3.63, 3.8) is 0 Å². The third-order valence-corrected chi connectivity index (χ3v) is 7.65. The molecule has 0 aliphatic rings. The molecule has 0 saturated heterocycles. The molecule has 128 valence electrons. The predicted octanol–water partition coefficient (Wildman–Crippen LogP) is 3.94. The Bertz CT molecular complexity index is 643. The van der Waals surface area contributed by atoms with Crippen LogP contribution in [0.3, 0.4) is 0 Å². The highest BCUT2D eigenvalue weighted by Gasteiger charge is 2.48. The van der Waals surface area contributed by atoms with E-state index in [0.717, 1.165) is 0 Å². The Morgan fingerprint density at radius 1 is 1.17 bits per heavy atom. The van der Waals surface area contributed by atoms with Crippen molar-refractivity contribution in [2.24, 2.45) is 5.11 Å². The topological polar surface area (TPSA) is 142 Å². The van der Waals surface area contributed by atoms with Gasteiger partial charge in [-0.2, -0.15) is 0 Å². The van der Waals surface area contributed by atoms with E-state index in [9.17, 15) is 18.9 Å². The highest BCUT2D eigenvalue weighted by molar-refractivity contribution is 7.71. The molecule has 11 heteroatoms. The van der Waals surface area contributed by atoms with Crippen molar-refractivity contribution in [1.29, 1.82) is 0 Å². The van der Waals surface area contributed by atoms with Gasteiger partial charge in [0.15, 0.2) is 5.40 Å². The standard InChI is InChI=1S/C12H19N3O6P2/c1-3-20-23(19,21-4-2)12(22(16,17)18)11-7-5-10(6-8-11)9-14-15-13/h5-8,12H,3-4,9H2,1-2H3,(H2,16,17,18). The molecule has 0 aliphatic heterocycles. The van der Waals surface area contributed by atoms with Crippen molar-refractivity contribution in [2.75, 3.05) is 13.2 Å². The highest BCUT2D eigenvalue weighted by Crippen LogP contribution is 2.74. The lowest BCUT2D eigenvalue weighted by Gasteiger charge is -2.27. The van der Waals surface area contributed by atoms with Gasteiger partial charge in [-0.05, 0) is 30.5 Å². The summed E-state index contributed by atoms with van der Waals surface area (Å²) >= 11 is 0. The Morgan fingerprint density at radius 3 is 2.09 bits per heavy atom. The molecular formula is C12H19N3O6P2. The summed E-state index contributed by atoms with van der Waals surface area (Å²) in [5, 5.41) is 1.69. The maximum absolute atomic E-state index is 12.8. The van der Waals surface area contributed by atoms with Crippen molar-refractivity contribution < 1.29 is 28.0 Å². The first-order valence-electron chi connectivity index (χ1n) is 6.82. The zero-order chi connectivity index (χ0) is 17.5. The van der Waals surface area contributed by atoms with Crippen molar-refractivity contribution in [3.05, 3.63) is 45.8 Å². The van der Waals surface area contributed by atoms with Gasteiger partial charge in [-0.15, -0.1) is 0 Å². The van der Waals surface area contributed by atoms with Crippen LogP contribution in [0.2, 0.25) is 0 Å². The lowest BCUT2D eigenvalue weighted by atomic mass is 10.1. The second-order valence-electron chi connectivity index (χ2n) is 4.47. The number of benzene rings is 1. The molecule has 0 bridgehead atoms. The summed E-state index contributed by atoms with van der Waals surface area (Å²) in [5.74, 6) is 0. The van der Waals surface area contributed by atoms with Gasteiger partial charge in [0.05, 0.1) is 19.8 Å². The number of azide groups is 1. The molecule has 0 heterocycles. The fraction of sp³-hybridized carbons (Fsp3) is 0.500.